The number of hydrogen-bond donors (Lipinski definition) is 0. The zero-order valence-electron chi connectivity index (χ0n) is 16.1. The van der Waals surface area contributed by atoms with Gasteiger partial charge in [-0.05, 0) is 57.8 Å². The number of likely N-dealkylation sites (tertiary alicyclic amines) is 2. The molecule has 0 spiro atoms. The van der Waals surface area contributed by atoms with E-state index in [-0.39, 0.29) is 17.4 Å². The van der Waals surface area contributed by atoms with Gasteiger partial charge >= 0.3 is 0 Å². The second-order valence-electron chi connectivity index (χ2n) is 7.73. The fraction of sp³-hybridized carbons (Fsp3) is 0.524. The molecule has 0 unspecified atom stereocenters. The predicted molar refractivity (Wildman–Crippen MR) is 100 cm³/mol. The number of piperidine rings is 1. The lowest BCUT2D eigenvalue weighted by Crippen LogP contribution is -2.41. The van der Waals surface area contributed by atoms with E-state index in [0.717, 1.165) is 63.6 Å². The molecule has 0 aliphatic carbocycles. The van der Waals surface area contributed by atoms with Crippen LogP contribution in [0.1, 0.15) is 37.1 Å². The van der Waals surface area contributed by atoms with Crippen LogP contribution in [0, 0.1) is 24.5 Å². The standard InChI is InChI=1S/C21H25F2N3O2/c1-14-19(24-20(28-14)17-5-4-16(22)12-18(17)23)13-25-10-6-15(7-11-25)21(27)26-8-2-3-9-26/h4-5,12,15H,2-3,6-11,13H2,1H3. The van der Waals surface area contributed by atoms with Crippen molar-refractivity contribution in [1.82, 2.24) is 14.8 Å². The molecule has 5 nitrogen and oxygen atoms in total. The Hall–Kier alpha value is -2.28. The Kier molecular flexibility index (Phi) is 5.44. The smallest absolute Gasteiger partial charge is 0.229 e. The highest BCUT2D eigenvalue weighted by Gasteiger charge is 2.30. The van der Waals surface area contributed by atoms with E-state index in [9.17, 15) is 13.6 Å². The fourth-order valence-electron chi connectivity index (χ4n) is 4.10. The van der Waals surface area contributed by atoms with Gasteiger partial charge in [0.1, 0.15) is 17.4 Å². The van der Waals surface area contributed by atoms with E-state index >= 15 is 0 Å². The van der Waals surface area contributed by atoms with Gasteiger partial charge in [-0.3, -0.25) is 9.69 Å². The van der Waals surface area contributed by atoms with Crippen LogP contribution in [0.3, 0.4) is 0 Å². The van der Waals surface area contributed by atoms with Crippen LogP contribution in [0.4, 0.5) is 8.78 Å². The Morgan fingerprint density at radius 2 is 1.89 bits per heavy atom. The van der Waals surface area contributed by atoms with Crippen LogP contribution in [-0.4, -0.2) is 46.9 Å². The Labute approximate surface area is 163 Å². The van der Waals surface area contributed by atoms with Crippen molar-refractivity contribution in [2.24, 2.45) is 5.92 Å². The van der Waals surface area contributed by atoms with Crippen LogP contribution in [0.2, 0.25) is 0 Å². The Bertz CT molecular complexity index is 853. The molecule has 0 saturated carbocycles. The van der Waals surface area contributed by atoms with Crippen molar-refractivity contribution in [1.29, 1.82) is 0 Å². The van der Waals surface area contributed by atoms with E-state index in [1.807, 2.05) is 4.90 Å². The van der Waals surface area contributed by atoms with Gasteiger partial charge in [-0.15, -0.1) is 0 Å². The van der Waals surface area contributed by atoms with Crippen LogP contribution < -0.4 is 0 Å². The van der Waals surface area contributed by atoms with E-state index in [2.05, 4.69) is 9.88 Å². The summed E-state index contributed by atoms with van der Waals surface area (Å²) >= 11 is 0. The third kappa shape index (κ3) is 3.94. The van der Waals surface area contributed by atoms with Crippen LogP contribution >= 0.6 is 0 Å². The van der Waals surface area contributed by atoms with Crippen molar-refractivity contribution in [3.05, 3.63) is 41.3 Å². The maximum Gasteiger partial charge on any atom is 0.229 e. The van der Waals surface area contributed by atoms with Gasteiger partial charge in [0.05, 0.1) is 11.3 Å². The Morgan fingerprint density at radius 3 is 2.57 bits per heavy atom. The van der Waals surface area contributed by atoms with Gasteiger partial charge in [0.25, 0.3) is 0 Å². The highest BCUT2D eigenvalue weighted by Crippen LogP contribution is 2.27. The number of carbonyl (C=O) groups is 1. The summed E-state index contributed by atoms with van der Waals surface area (Å²) in [6.07, 6.45) is 3.94. The number of aryl methyl sites for hydroxylation is 1. The minimum absolute atomic E-state index is 0.122. The molecule has 0 bridgehead atoms. The second kappa shape index (κ2) is 7.99. The molecule has 4 rings (SSSR count). The van der Waals surface area contributed by atoms with Gasteiger partial charge in [0.2, 0.25) is 11.8 Å². The molecule has 1 amide bonds. The van der Waals surface area contributed by atoms with Gasteiger partial charge in [-0.2, -0.15) is 0 Å². The lowest BCUT2D eigenvalue weighted by Gasteiger charge is -2.32. The van der Waals surface area contributed by atoms with Gasteiger partial charge < -0.3 is 9.32 Å². The van der Waals surface area contributed by atoms with Crippen molar-refractivity contribution in [2.45, 2.75) is 39.2 Å². The molecule has 2 aliphatic heterocycles. The van der Waals surface area contributed by atoms with E-state index in [1.165, 1.54) is 12.1 Å². The first-order valence-electron chi connectivity index (χ1n) is 9.94. The third-order valence-electron chi connectivity index (χ3n) is 5.78. The Balaban J connectivity index is 1.38. The largest absolute Gasteiger partial charge is 0.441 e. The molecule has 0 N–H and O–H groups in total. The molecule has 1 aromatic heterocycles. The molecule has 2 saturated heterocycles. The second-order valence-corrected chi connectivity index (χ2v) is 7.73. The molecule has 2 aromatic rings. The van der Waals surface area contributed by atoms with Crippen molar-refractivity contribution in [3.8, 4) is 11.5 Å². The minimum Gasteiger partial charge on any atom is -0.441 e. The van der Waals surface area contributed by atoms with Crippen LogP contribution in [0.15, 0.2) is 22.6 Å². The van der Waals surface area contributed by atoms with Gasteiger partial charge in [-0.1, -0.05) is 0 Å². The molecule has 0 atom stereocenters. The number of amides is 1. The highest BCUT2D eigenvalue weighted by molar-refractivity contribution is 5.79. The van der Waals surface area contributed by atoms with E-state index in [0.29, 0.717) is 18.2 Å². The SMILES string of the molecule is Cc1oc(-c2ccc(F)cc2F)nc1CN1CCC(C(=O)N2CCCC2)CC1. The minimum atomic E-state index is -0.686. The lowest BCUT2D eigenvalue weighted by molar-refractivity contribution is -0.136. The summed E-state index contributed by atoms with van der Waals surface area (Å²) in [6.45, 7) is 5.87. The zero-order chi connectivity index (χ0) is 19.7. The van der Waals surface area contributed by atoms with Crippen molar-refractivity contribution < 1.29 is 18.0 Å². The third-order valence-corrected chi connectivity index (χ3v) is 5.78. The fourth-order valence-corrected chi connectivity index (χ4v) is 4.10. The molecule has 7 heteroatoms. The van der Waals surface area contributed by atoms with E-state index in [4.69, 9.17) is 4.42 Å². The molecule has 1 aromatic carbocycles. The lowest BCUT2D eigenvalue weighted by atomic mass is 9.95. The maximum absolute atomic E-state index is 14.0. The number of rotatable bonds is 4. The molecular formula is C21H25F2N3O2. The average Bonchev–Trinajstić information content (AvgIpc) is 3.32. The molecule has 28 heavy (non-hydrogen) atoms. The van der Waals surface area contributed by atoms with E-state index in [1.54, 1.807) is 6.92 Å². The summed E-state index contributed by atoms with van der Waals surface area (Å²) in [6, 6.07) is 3.37. The number of aromatic nitrogens is 1. The number of hydrogen-bond acceptors (Lipinski definition) is 4. The van der Waals surface area contributed by atoms with E-state index < -0.39 is 11.6 Å². The summed E-state index contributed by atoms with van der Waals surface area (Å²) in [7, 11) is 0. The topological polar surface area (TPSA) is 49.6 Å². The molecular weight excluding hydrogens is 364 g/mol. The first kappa shape index (κ1) is 19.1. The normalized spacial score (nSPS) is 18.8. The molecule has 3 heterocycles. The van der Waals surface area contributed by atoms with Crippen molar-refractivity contribution in [3.63, 3.8) is 0 Å². The van der Waals surface area contributed by atoms with Crippen LogP contribution in [0.5, 0.6) is 0 Å². The maximum atomic E-state index is 14.0. The summed E-state index contributed by atoms with van der Waals surface area (Å²) in [5, 5.41) is 0. The van der Waals surface area contributed by atoms with Gasteiger partial charge in [0.15, 0.2) is 0 Å². The first-order valence-corrected chi connectivity index (χ1v) is 9.94. The van der Waals surface area contributed by atoms with Crippen molar-refractivity contribution in [2.75, 3.05) is 26.2 Å². The summed E-state index contributed by atoms with van der Waals surface area (Å²) in [4.78, 5) is 21.2. The zero-order valence-corrected chi connectivity index (χ0v) is 16.1. The Morgan fingerprint density at radius 1 is 1.18 bits per heavy atom. The summed E-state index contributed by atoms with van der Waals surface area (Å²) in [5.41, 5.74) is 0.911. The molecule has 2 aliphatic rings. The molecule has 0 radical (unpaired) electrons. The number of nitrogens with zero attached hydrogens (tertiary/aromatic N) is 3. The molecule has 2 fully saturated rings. The van der Waals surface area contributed by atoms with Crippen LogP contribution in [-0.2, 0) is 11.3 Å². The van der Waals surface area contributed by atoms with Crippen LogP contribution in [0.25, 0.3) is 11.5 Å². The average molecular weight is 389 g/mol. The number of benzene rings is 1. The monoisotopic (exact) mass is 389 g/mol. The number of carbonyl (C=O) groups excluding carboxylic acids is 1. The summed E-state index contributed by atoms with van der Waals surface area (Å²) < 4.78 is 32.7. The summed E-state index contributed by atoms with van der Waals surface area (Å²) in [5.74, 6) is -0.0799. The van der Waals surface area contributed by atoms with Gasteiger partial charge in [-0.25, -0.2) is 13.8 Å². The number of halogens is 2. The first-order chi connectivity index (χ1) is 13.5. The number of oxazole rings is 1. The highest BCUT2D eigenvalue weighted by atomic mass is 19.1. The quantitative estimate of drug-likeness (QED) is 0.799. The van der Waals surface area contributed by atoms with Gasteiger partial charge in [0, 0.05) is 31.6 Å². The van der Waals surface area contributed by atoms with Crippen molar-refractivity contribution >= 4 is 5.91 Å². The predicted octanol–water partition coefficient (Wildman–Crippen LogP) is 3.76. The molecule has 150 valence electrons.